The van der Waals surface area contributed by atoms with Crippen molar-refractivity contribution in [3.8, 4) is 6.07 Å². The molecular formula is C23H28N4O3S. The lowest BCUT2D eigenvalue weighted by Crippen LogP contribution is -2.35. The number of nitriles is 1. The number of carbonyl (C=O) groups excluding carboxylic acids is 1. The Morgan fingerprint density at radius 1 is 1.03 bits per heavy atom. The summed E-state index contributed by atoms with van der Waals surface area (Å²) in [6.45, 7) is 6.22. The Morgan fingerprint density at radius 3 is 2.32 bits per heavy atom. The first-order valence-corrected chi connectivity index (χ1v) is 11.7. The van der Waals surface area contributed by atoms with Crippen LogP contribution >= 0.6 is 0 Å². The molecule has 0 bridgehead atoms. The van der Waals surface area contributed by atoms with E-state index in [-0.39, 0.29) is 10.8 Å². The van der Waals surface area contributed by atoms with Crippen molar-refractivity contribution < 1.29 is 13.2 Å². The summed E-state index contributed by atoms with van der Waals surface area (Å²) in [5.41, 5.74) is 3.48. The van der Waals surface area contributed by atoms with E-state index in [1.54, 1.807) is 30.0 Å². The van der Waals surface area contributed by atoms with Gasteiger partial charge >= 0.3 is 0 Å². The first kappa shape index (κ1) is 22.8. The number of hydrogen-bond acceptors (Lipinski definition) is 5. The van der Waals surface area contributed by atoms with E-state index in [1.807, 2.05) is 19.1 Å². The normalized spacial score (nSPS) is 15.0. The van der Waals surface area contributed by atoms with Gasteiger partial charge in [-0.2, -0.15) is 5.26 Å². The van der Waals surface area contributed by atoms with Gasteiger partial charge in [-0.05, 0) is 67.8 Å². The number of amides is 1. The summed E-state index contributed by atoms with van der Waals surface area (Å²) >= 11 is 0. The lowest BCUT2D eigenvalue weighted by molar-refractivity contribution is 0.0766. The van der Waals surface area contributed by atoms with Gasteiger partial charge in [0.2, 0.25) is 10.0 Å². The molecule has 1 aliphatic rings. The first-order chi connectivity index (χ1) is 14.6. The van der Waals surface area contributed by atoms with Gasteiger partial charge in [0.05, 0.1) is 16.5 Å². The third kappa shape index (κ3) is 4.73. The monoisotopic (exact) mass is 440 g/mol. The van der Waals surface area contributed by atoms with Crippen LogP contribution in [0.1, 0.15) is 33.5 Å². The molecule has 31 heavy (non-hydrogen) atoms. The van der Waals surface area contributed by atoms with Gasteiger partial charge in [-0.1, -0.05) is 0 Å². The van der Waals surface area contributed by atoms with E-state index in [1.165, 1.54) is 24.5 Å². The molecule has 3 rings (SSSR count). The summed E-state index contributed by atoms with van der Waals surface area (Å²) in [5, 5.41) is 8.98. The smallest absolute Gasteiger partial charge is 0.253 e. The molecule has 0 N–H and O–H groups in total. The fraction of sp³-hybridized carbons (Fsp3) is 0.391. The highest BCUT2D eigenvalue weighted by Crippen LogP contribution is 2.25. The van der Waals surface area contributed by atoms with Crippen LogP contribution < -0.4 is 4.90 Å². The van der Waals surface area contributed by atoms with Crippen LogP contribution in [0.15, 0.2) is 41.3 Å². The van der Waals surface area contributed by atoms with Crippen LogP contribution in [0, 0.1) is 25.2 Å². The van der Waals surface area contributed by atoms with Gasteiger partial charge in [0.25, 0.3) is 5.91 Å². The molecule has 2 aromatic carbocycles. The van der Waals surface area contributed by atoms with Crippen molar-refractivity contribution in [2.45, 2.75) is 25.2 Å². The zero-order chi connectivity index (χ0) is 22.8. The van der Waals surface area contributed by atoms with Crippen LogP contribution in [0.25, 0.3) is 0 Å². The predicted octanol–water partition coefficient (Wildman–Crippen LogP) is 2.78. The summed E-state index contributed by atoms with van der Waals surface area (Å²) in [6.07, 6.45) is 0.805. The first-order valence-electron chi connectivity index (χ1n) is 10.2. The van der Waals surface area contributed by atoms with Gasteiger partial charge in [0.1, 0.15) is 0 Å². The van der Waals surface area contributed by atoms with Crippen molar-refractivity contribution >= 4 is 21.6 Å². The molecule has 1 fully saturated rings. The van der Waals surface area contributed by atoms with Crippen LogP contribution in [-0.2, 0) is 10.0 Å². The third-order valence-corrected chi connectivity index (χ3v) is 7.71. The minimum absolute atomic E-state index is 0.153. The van der Waals surface area contributed by atoms with E-state index < -0.39 is 10.0 Å². The van der Waals surface area contributed by atoms with Crippen LogP contribution in [0.5, 0.6) is 0 Å². The lowest BCUT2D eigenvalue weighted by Gasteiger charge is -2.24. The molecule has 0 radical (unpaired) electrons. The molecule has 1 saturated heterocycles. The standard InChI is InChI=1S/C23H28N4O3S/c1-17-14-20(15-22(18(17)2)31(29,30)25(3)4)23(28)27-11-5-10-26(12-13-27)21-8-6-19(16-24)7-9-21/h6-9,14-15H,5,10-13H2,1-4H3. The molecule has 0 spiro atoms. The van der Waals surface area contributed by atoms with Crippen LogP contribution in [0.3, 0.4) is 0 Å². The number of rotatable bonds is 4. The highest BCUT2D eigenvalue weighted by molar-refractivity contribution is 7.89. The summed E-state index contributed by atoms with van der Waals surface area (Å²) < 4.78 is 26.6. The van der Waals surface area contributed by atoms with Gasteiger partial charge in [0, 0.05) is 51.5 Å². The van der Waals surface area contributed by atoms with E-state index >= 15 is 0 Å². The topological polar surface area (TPSA) is 84.7 Å². The van der Waals surface area contributed by atoms with Gasteiger partial charge < -0.3 is 9.80 Å². The zero-order valence-electron chi connectivity index (χ0n) is 18.4. The van der Waals surface area contributed by atoms with Crippen molar-refractivity contribution in [2.75, 3.05) is 45.2 Å². The van der Waals surface area contributed by atoms with Gasteiger partial charge in [-0.15, -0.1) is 0 Å². The van der Waals surface area contributed by atoms with Crippen LogP contribution in [0.4, 0.5) is 5.69 Å². The highest BCUT2D eigenvalue weighted by Gasteiger charge is 2.26. The Balaban J connectivity index is 1.82. The molecule has 0 aliphatic carbocycles. The maximum atomic E-state index is 13.3. The van der Waals surface area contributed by atoms with Crippen molar-refractivity contribution in [3.05, 3.63) is 58.7 Å². The second-order valence-corrected chi connectivity index (χ2v) is 10.1. The fourth-order valence-corrected chi connectivity index (χ4v) is 4.94. The molecule has 8 heteroatoms. The Kier molecular flexibility index (Phi) is 6.68. The van der Waals surface area contributed by atoms with Crippen LogP contribution in [0.2, 0.25) is 0 Å². The van der Waals surface area contributed by atoms with E-state index in [4.69, 9.17) is 5.26 Å². The maximum Gasteiger partial charge on any atom is 0.253 e. The minimum atomic E-state index is -3.64. The van der Waals surface area contributed by atoms with Gasteiger partial charge in [-0.3, -0.25) is 4.79 Å². The van der Waals surface area contributed by atoms with E-state index in [0.29, 0.717) is 36.3 Å². The second kappa shape index (κ2) is 9.08. The second-order valence-electron chi connectivity index (χ2n) is 8.00. The average Bonchev–Trinajstić information content (AvgIpc) is 3.01. The molecule has 7 nitrogen and oxygen atoms in total. The van der Waals surface area contributed by atoms with Crippen molar-refractivity contribution in [1.82, 2.24) is 9.21 Å². The average molecular weight is 441 g/mol. The molecule has 1 aliphatic heterocycles. The fourth-order valence-electron chi connectivity index (χ4n) is 3.72. The highest BCUT2D eigenvalue weighted by atomic mass is 32.2. The quantitative estimate of drug-likeness (QED) is 0.730. The number of anilines is 1. The van der Waals surface area contributed by atoms with Gasteiger partial charge in [0.15, 0.2) is 0 Å². The molecule has 1 amide bonds. The molecule has 0 atom stereocenters. The molecule has 0 saturated carbocycles. The molecule has 1 heterocycles. The Hall–Kier alpha value is -2.89. The summed E-state index contributed by atoms with van der Waals surface area (Å²) in [4.78, 5) is 17.4. The minimum Gasteiger partial charge on any atom is -0.370 e. The van der Waals surface area contributed by atoms with Gasteiger partial charge in [-0.25, -0.2) is 12.7 Å². The Morgan fingerprint density at radius 2 is 1.71 bits per heavy atom. The van der Waals surface area contributed by atoms with E-state index in [9.17, 15) is 13.2 Å². The van der Waals surface area contributed by atoms with Crippen LogP contribution in [-0.4, -0.2) is 63.8 Å². The number of nitrogens with zero attached hydrogens (tertiary/aromatic N) is 4. The molecule has 0 aromatic heterocycles. The summed E-state index contributed by atoms with van der Waals surface area (Å²) in [6, 6.07) is 12.8. The lowest BCUT2D eigenvalue weighted by atomic mass is 10.1. The van der Waals surface area contributed by atoms with Crippen molar-refractivity contribution in [3.63, 3.8) is 0 Å². The molecule has 164 valence electrons. The SMILES string of the molecule is Cc1cc(C(=O)N2CCCN(c3ccc(C#N)cc3)CC2)cc(S(=O)(=O)N(C)C)c1C. The summed E-state index contributed by atoms with van der Waals surface area (Å²) in [5.74, 6) is -0.153. The van der Waals surface area contributed by atoms with Crippen molar-refractivity contribution in [1.29, 1.82) is 5.26 Å². The van der Waals surface area contributed by atoms with E-state index in [0.717, 1.165) is 24.2 Å². The largest absolute Gasteiger partial charge is 0.370 e. The predicted molar refractivity (Wildman–Crippen MR) is 121 cm³/mol. The third-order valence-electron chi connectivity index (χ3n) is 5.77. The Labute approximate surface area is 184 Å². The molecule has 0 unspecified atom stereocenters. The molecule has 2 aromatic rings. The summed E-state index contributed by atoms with van der Waals surface area (Å²) in [7, 11) is -0.661. The molecular weight excluding hydrogens is 412 g/mol. The maximum absolute atomic E-state index is 13.3. The number of hydrogen-bond donors (Lipinski definition) is 0. The Bertz CT molecular complexity index is 1120. The number of aryl methyl sites for hydroxylation is 1. The number of benzene rings is 2. The number of sulfonamides is 1. The zero-order valence-corrected chi connectivity index (χ0v) is 19.2. The number of carbonyl (C=O) groups is 1. The van der Waals surface area contributed by atoms with E-state index in [2.05, 4.69) is 11.0 Å². The van der Waals surface area contributed by atoms with Crippen molar-refractivity contribution in [2.24, 2.45) is 0 Å².